The third kappa shape index (κ3) is 4.07. The Hall–Kier alpha value is -1.36. The average molecular weight is 278 g/mol. The van der Waals surface area contributed by atoms with Crippen LogP contribution in [-0.4, -0.2) is 22.6 Å². The van der Waals surface area contributed by atoms with E-state index in [1.807, 2.05) is 13.0 Å². The van der Waals surface area contributed by atoms with Gasteiger partial charge in [0, 0.05) is 18.7 Å². The molecule has 1 fully saturated rings. The number of ether oxygens (including phenoxy) is 1. The predicted octanol–water partition coefficient (Wildman–Crippen LogP) is 2.98. The van der Waals surface area contributed by atoms with Crippen molar-refractivity contribution in [3.05, 3.63) is 11.9 Å². The molecule has 5 nitrogen and oxygen atoms in total. The van der Waals surface area contributed by atoms with Crippen molar-refractivity contribution < 1.29 is 4.74 Å². The highest BCUT2D eigenvalue weighted by Crippen LogP contribution is 2.29. The van der Waals surface area contributed by atoms with Crippen molar-refractivity contribution in [3.63, 3.8) is 0 Å². The smallest absolute Gasteiger partial charge is 0.158 e. The molecule has 0 spiro atoms. The Labute approximate surface area is 121 Å². The molecule has 0 radical (unpaired) electrons. The van der Waals surface area contributed by atoms with Gasteiger partial charge >= 0.3 is 0 Å². The first-order valence-electron chi connectivity index (χ1n) is 7.70. The number of nitrogens with two attached hydrogens (primary N) is 1. The molecule has 0 bridgehead atoms. The normalized spacial score (nSPS) is 22.7. The highest BCUT2D eigenvalue weighted by Gasteiger charge is 2.23. The lowest BCUT2D eigenvalue weighted by atomic mass is 9.83. The zero-order chi connectivity index (χ0) is 14.4. The standard InChI is InChI=1S/C15H26N4O/c1-3-11-7-5-6-8-12(11)17-14-9-13(16)18-15(19-14)10-20-4-2/h9,11-12H,3-8,10H2,1-2H3,(H3,16,17,18,19). The quantitative estimate of drug-likeness (QED) is 0.837. The predicted molar refractivity (Wildman–Crippen MR) is 81.4 cm³/mol. The van der Waals surface area contributed by atoms with Gasteiger partial charge in [0.25, 0.3) is 0 Å². The van der Waals surface area contributed by atoms with Crippen LogP contribution in [0.15, 0.2) is 6.07 Å². The molecular formula is C15H26N4O. The summed E-state index contributed by atoms with van der Waals surface area (Å²) in [5.41, 5.74) is 5.86. The van der Waals surface area contributed by atoms with Crippen LogP contribution < -0.4 is 11.1 Å². The maximum atomic E-state index is 5.86. The number of aromatic nitrogens is 2. The molecule has 20 heavy (non-hydrogen) atoms. The number of nitrogens with one attached hydrogen (secondary N) is 1. The Bertz CT molecular complexity index is 424. The summed E-state index contributed by atoms with van der Waals surface area (Å²) in [7, 11) is 0. The van der Waals surface area contributed by atoms with E-state index >= 15 is 0 Å². The molecule has 1 heterocycles. The lowest BCUT2D eigenvalue weighted by Crippen LogP contribution is -2.32. The minimum absolute atomic E-state index is 0.415. The molecule has 2 rings (SSSR count). The Balaban J connectivity index is 2.05. The van der Waals surface area contributed by atoms with E-state index in [4.69, 9.17) is 10.5 Å². The summed E-state index contributed by atoms with van der Waals surface area (Å²) >= 11 is 0. The van der Waals surface area contributed by atoms with E-state index in [1.54, 1.807) is 0 Å². The van der Waals surface area contributed by atoms with Crippen LogP contribution in [0.4, 0.5) is 11.6 Å². The van der Waals surface area contributed by atoms with Gasteiger partial charge in [-0.3, -0.25) is 0 Å². The Morgan fingerprint density at radius 3 is 2.85 bits per heavy atom. The van der Waals surface area contributed by atoms with Crippen molar-refractivity contribution in [1.82, 2.24) is 9.97 Å². The van der Waals surface area contributed by atoms with Gasteiger partial charge in [-0.1, -0.05) is 26.2 Å². The van der Waals surface area contributed by atoms with Gasteiger partial charge in [0.2, 0.25) is 0 Å². The molecule has 1 saturated carbocycles. The number of hydrogen-bond acceptors (Lipinski definition) is 5. The molecule has 112 valence electrons. The molecule has 1 aliphatic rings. The summed E-state index contributed by atoms with van der Waals surface area (Å²) in [5, 5.41) is 3.55. The van der Waals surface area contributed by atoms with E-state index in [9.17, 15) is 0 Å². The largest absolute Gasteiger partial charge is 0.384 e. The number of hydrogen-bond donors (Lipinski definition) is 2. The van der Waals surface area contributed by atoms with Crippen LogP contribution in [0.1, 0.15) is 51.8 Å². The summed E-state index contributed by atoms with van der Waals surface area (Å²) in [4.78, 5) is 8.71. The molecule has 2 unspecified atom stereocenters. The maximum absolute atomic E-state index is 5.86. The zero-order valence-electron chi connectivity index (χ0n) is 12.6. The molecule has 0 amide bonds. The second kappa shape index (κ2) is 7.43. The first-order chi connectivity index (χ1) is 9.72. The molecule has 0 saturated heterocycles. The number of nitrogen functional groups attached to an aromatic ring is 1. The zero-order valence-corrected chi connectivity index (χ0v) is 12.6. The minimum atomic E-state index is 0.415. The lowest BCUT2D eigenvalue weighted by molar-refractivity contribution is 0.128. The van der Waals surface area contributed by atoms with Crippen molar-refractivity contribution in [2.45, 2.75) is 58.6 Å². The molecule has 0 aliphatic heterocycles. The van der Waals surface area contributed by atoms with E-state index in [0.29, 0.717) is 30.9 Å². The van der Waals surface area contributed by atoms with Gasteiger partial charge in [-0.05, 0) is 25.7 Å². The van der Waals surface area contributed by atoms with Crippen LogP contribution in [-0.2, 0) is 11.3 Å². The number of rotatable bonds is 6. The van der Waals surface area contributed by atoms with Crippen molar-refractivity contribution in [3.8, 4) is 0 Å². The van der Waals surface area contributed by atoms with Crippen molar-refractivity contribution >= 4 is 11.6 Å². The van der Waals surface area contributed by atoms with E-state index < -0.39 is 0 Å². The van der Waals surface area contributed by atoms with Crippen LogP contribution in [0.5, 0.6) is 0 Å². The average Bonchev–Trinajstić information content (AvgIpc) is 2.45. The molecule has 1 aromatic rings. The minimum Gasteiger partial charge on any atom is -0.384 e. The summed E-state index contributed by atoms with van der Waals surface area (Å²) in [6, 6.07) is 2.32. The van der Waals surface area contributed by atoms with Crippen LogP contribution >= 0.6 is 0 Å². The summed E-state index contributed by atoms with van der Waals surface area (Å²) < 4.78 is 5.35. The second-order valence-electron chi connectivity index (χ2n) is 5.44. The fourth-order valence-corrected chi connectivity index (χ4v) is 2.93. The summed E-state index contributed by atoms with van der Waals surface area (Å²) in [6.07, 6.45) is 6.37. The maximum Gasteiger partial charge on any atom is 0.158 e. The van der Waals surface area contributed by atoms with Gasteiger partial charge in [-0.2, -0.15) is 0 Å². The van der Waals surface area contributed by atoms with Gasteiger partial charge in [0.1, 0.15) is 18.2 Å². The lowest BCUT2D eigenvalue weighted by Gasteiger charge is -2.32. The van der Waals surface area contributed by atoms with Crippen molar-refractivity contribution in [1.29, 1.82) is 0 Å². The molecule has 0 aromatic carbocycles. The van der Waals surface area contributed by atoms with Crippen LogP contribution in [0, 0.1) is 5.92 Å². The SMILES string of the molecule is CCOCc1nc(N)cc(NC2CCCCC2CC)n1. The third-order valence-corrected chi connectivity index (χ3v) is 3.99. The van der Waals surface area contributed by atoms with Crippen molar-refractivity contribution in [2.75, 3.05) is 17.7 Å². The molecular weight excluding hydrogens is 252 g/mol. The van der Waals surface area contributed by atoms with Crippen molar-refractivity contribution in [2.24, 2.45) is 5.92 Å². The first kappa shape index (κ1) is 15.0. The number of anilines is 2. The fourth-order valence-electron chi connectivity index (χ4n) is 2.93. The van der Waals surface area contributed by atoms with Gasteiger partial charge in [0.15, 0.2) is 5.82 Å². The molecule has 5 heteroatoms. The van der Waals surface area contributed by atoms with Gasteiger partial charge < -0.3 is 15.8 Å². The second-order valence-corrected chi connectivity index (χ2v) is 5.44. The molecule has 1 aromatic heterocycles. The third-order valence-electron chi connectivity index (χ3n) is 3.99. The van der Waals surface area contributed by atoms with E-state index in [2.05, 4.69) is 22.2 Å². The summed E-state index contributed by atoms with van der Waals surface area (Å²) in [5.74, 6) is 2.71. The Morgan fingerprint density at radius 1 is 1.30 bits per heavy atom. The van der Waals surface area contributed by atoms with Gasteiger partial charge in [0.05, 0.1) is 0 Å². The van der Waals surface area contributed by atoms with Gasteiger partial charge in [-0.25, -0.2) is 9.97 Å². The molecule has 3 N–H and O–H groups in total. The topological polar surface area (TPSA) is 73.1 Å². The first-order valence-corrected chi connectivity index (χ1v) is 7.70. The monoisotopic (exact) mass is 278 g/mol. The van der Waals surface area contributed by atoms with E-state index in [1.165, 1.54) is 32.1 Å². The van der Waals surface area contributed by atoms with Crippen LogP contribution in [0.25, 0.3) is 0 Å². The highest BCUT2D eigenvalue weighted by molar-refractivity contribution is 5.45. The van der Waals surface area contributed by atoms with Crippen LogP contribution in [0.3, 0.4) is 0 Å². The van der Waals surface area contributed by atoms with Gasteiger partial charge in [-0.15, -0.1) is 0 Å². The molecule has 2 atom stereocenters. The van der Waals surface area contributed by atoms with E-state index in [-0.39, 0.29) is 0 Å². The summed E-state index contributed by atoms with van der Waals surface area (Å²) in [6.45, 7) is 5.29. The Morgan fingerprint density at radius 2 is 2.10 bits per heavy atom. The molecule has 1 aliphatic carbocycles. The highest BCUT2D eigenvalue weighted by atomic mass is 16.5. The van der Waals surface area contributed by atoms with Crippen LogP contribution in [0.2, 0.25) is 0 Å². The number of nitrogens with zero attached hydrogens (tertiary/aromatic N) is 2. The Kier molecular flexibility index (Phi) is 5.59. The fraction of sp³-hybridized carbons (Fsp3) is 0.733. The van der Waals surface area contributed by atoms with E-state index in [0.717, 1.165) is 11.7 Å².